The van der Waals surface area contributed by atoms with Gasteiger partial charge in [0, 0.05) is 37.6 Å². The molecule has 1 fully saturated rings. The summed E-state index contributed by atoms with van der Waals surface area (Å²) in [5.41, 5.74) is 2.38. The summed E-state index contributed by atoms with van der Waals surface area (Å²) in [5, 5.41) is 12.4. The maximum atomic E-state index is 12.9. The number of aliphatic hydroxyl groups is 1. The van der Waals surface area contributed by atoms with Crippen molar-refractivity contribution in [3.05, 3.63) is 23.5 Å². The molecule has 1 unspecified atom stereocenters. The number of likely N-dealkylation sites (tertiary alicyclic amines) is 1. The normalized spacial score (nSPS) is 18.6. The molecule has 2 N–H and O–H groups in total. The number of hydrogen-bond acceptors (Lipinski definition) is 4. The molecule has 0 aliphatic carbocycles. The molecular weight excluding hydrogens is 266 g/mol. The largest absolute Gasteiger partial charge is 0.396 e. The van der Waals surface area contributed by atoms with Gasteiger partial charge in [-0.05, 0) is 45.6 Å². The van der Waals surface area contributed by atoms with Crippen molar-refractivity contribution >= 4 is 11.6 Å². The van der Waals surface area contributed by atoms with E-state index in [4.69, 9.17) is 0 Å². The predicted octanol–water partition coefficient (Wildman–Crippen LogP) is 2.20. The lowest BCUT2D eigenvalue weighted by atomic mass is 9.98. The molecule has 5 heteroatoms. The number of carbonyl (C=O) groups is 1. The molecule has 0 radical (unpaired) electrons. The molecule has 5 nitrogen and oxygen atoms in total. The lowest BCUT2D eigenvalue weighted by Gasteiger charge is -2.36. The summed E-state index contributed by atoms with van der Waals surface area (Å²) < 4.78 is 0. The van der Waals surface area contributed by atoms with Gasteiger partial charge in [0.1, 0.15) is 0 Å². The van der Waals surface area contributed by atoms with E-state index in [-0.39, 0.29) is 18.6 Å². The fourth-order valence-electron chi connectivity index (χ4n) is 2.94. The summed E-state index contributed by atoms with van der Waals surface area (Å²) in [6.07, 6.45) is 5.45. The van der Waals surface area contributed by atoms with Crippen LogP contribution in [0.2, 0.25) is 0 Å². The maximum Gasteiger partial charge on any atom is 0.257 e. The number of nitrogens with one attached hydrogen (secondary N) is 1. The summed E-state index contributed by atoms with van der Waals surface area (Å²) in [4.78, 5) is 19.0. The van der Waals surface area contributed by atoms with Crippen LogP contribution in [-0.4, -0.2) is 46.6 Å². The van der Waals surface area contributed by atoms with Gasteiger partial charge in [-0.2, -0.15) is 0 Å². The molecule has 1 aromatic rings. The van der Waals surface area contributed by atoms with Crippen LogP contribution in [0.5, 0.6) is 0 Å². The third-order valence-electron chi connectivity index (χ3n) is 3.99. The van der Waals surface area contributed by atoms with Crippen LogP contribution in [0, 0.1) is 6.92 Å². The van der Waals surface area contributed by atoms with Crippen molar-refractivity contribution < 1.29 is 9.90 Å². The Balaban J connectivity index is 2.25. The molecule has 1 aliphatic heterocycles. The summed E-state index contributed by atoms with van der Waals surface area (Å²) in [6.45, 7) is 5.59. The van der Waals surface area contributed by atoms with Crippen molar-refractivity contribution in [3.8, 4) is 0 Å². The fraction of sp³-hybridized carbons (Fsp3) is 0.625. The van der Waals surface area contributed by atoms with E-state index in [1.165, 1.54) is 0 Å². The number of aryl methyl sites for hydroxylation is 1. The number of nitrogens with zero attached hydrogens (tertiary/aromatic N) is 2. The molecule has 2 heterocycles. The van der Waals surface area contributed by atoms with E-state index in [1.54, 1.807) is 6.20 Å². The number of anilines is 1. The van der Waals surface area contributed by atoms with Crippen LogP contribution in [0.25, 0.3) is 0 Å². The Morgan fingerprint density at radius 2 is 2.33 bits per heavy atom. The van der Waals surface area contributed by atoms with E-state index >= 15 is 0 Å². The van der Waals surface area contributed by atoms with Gasteiger partial charge in [0.05, 0.1) is 11.3 Å². The number of pyridine rings is 1. The van der Waals surface area contributed by atoms with E-state index in [9.17, 15) is 9.90 Å². The minimum Gasteiger partial charge on any atom is -0.396 e. The van der Waals surface area contributed by atoms with E-state index in [1.807, 2.05) is 24.8 Å². The highest BCUT2D eigenvalue weighted by Gasteiger charge is 2.28. The first-order valence-electron chi connectivity index (χ1n) is 7.79. The minimum atomic E-state index is 0.0246. The molecule has 1 atom stereocenters. The fourth-order valence-corrected chi connectivity index (χ4v) is 2.94. The van der Waals surface area contributed by atoms with Crippen LogP contribution in [-0.2, 0) is 0 Å². The zero-order valence-corrected chi connectivity index (χ0v) is 12.9. The van der Waals surface area contributed by atoms with E-state index in [0.29, 0.717) is 12.0 Å². The summed E-state index contributed by atoms with van der Waals surface area (Å²) in [6, 6.07) is 2.06. The average Bonchev–Trinajstić information content (AvgIpc) is 2.48. The molecule has 1 aliphatic rings. The minimum absolute atomic E-state index is 0.0246. The lowest BCUT2D eigenvalue weighted by molar-refractivity contribution is 0.0575. The van der Waals surface area contributed by atoms with Crippen molar-refractivity contribution in [2.45, 2.75) is 45.6 Å². The number of aliphatic hydroxyl groups excluding tert-OH is 1. The number of aromatic nitrogens is 1. The third-order valence-corrected chi connectivity index (χ3v) is 3.99. The zero-order chi connectivity index (χ0) is 15.2. The molecule has 0 saturated carbocycles. The van der Waals surface area contributed by atoms with Crippen molar-refractivity contribution in [2.75, 3.05) is 25.0 Å². The van der Waals surface area contributed by atoms with Gasteiger partial charge in [-0.15, -0.1) is 0 Å². The van der Waals surface area contributed by atoms with Crippen LogP contribution >= 0.6 is 0 Å². The van der Waals surface area contributed by atoms with Gasteiger partial charge in [0.25, 0.3) is 5.91 Å². The van der Waals surface area contributed by atoms with Crippen molar-refractivity contribution in [1.82, 2.24) is 9.88 Å². The first-order chi connectivity index (χ1) is 10.2. The second-order valence-electron chi connectivity index (χ2n) is 5.56. The molecule has 116 valence electrons. The number of carbonyl (C=O) groups excluding carboxylic acids is 1. The highest BCUT2D eigenvalue weighted by atomic mass is 16.3. The SMILES string of the molecule is CCNc1cc(C)ncc1C(=O)N1CCCCC1CCO. The van der Waals surface area contributed by atoms with Gasteiger partial charge in [-0.1, -0.05) is 0 Å². The average molecular weight is 291 g/mol. The van der Waals surface area contributed by atoms with E-state index in [2.05, 4.69) is 10.3 Å². The topological polar surface area (TPSA) is 65.5 Å². The molecular formula is C16H25N3O2. The van der Waals surface area contributed by atoms with E-state index in [0.717, 1.165) is 43.7 Å². The lowest BCUT2D eigenvalue weighted by Crippen LogP contribution is -2.44. The van der Waals surface area contributed by atoms with Crippen LogP contribution in [0.3, 0.4) is 0 Å². The van der Waals surface area contributed by atoms with Gasteiger partial charge in [0.2, 0.25) is 0 Å². The monoisotopic (exact) mass is 291 g/mol. The summed E-state index contributed by atoms with van der Waals surface area (Å²) in [5.74, 6) is 0.0246. The Morgan fingerprint density at radius 1 is 1.52 bits per heavy atom. The van der Waals surface area contributed by atoms with Gasteiger partial charge in [-0.25, -0.2) is 0 Å². The highest BCUT2D eigenvalue weighted by molar-refractivity contribution is 5.99. The molecule has 1 aromatic heterocycles. The molecule has 21 heavy (non-hydrogen) atoms. The second kappa shape index (κ2) is 7.41. The molecule has 1 saturated heterocycles. The third kappa shape index (κ3) is 3.73. The second-order valence-corrected chi connectivity index (χ2v) is 5.56. The molecule has 0 bridgehead atoms. The Labute approximate surface area is 126 Å². The van der Waals surface area contributed by atoms with Gasteiger partial charge < -0.3 is 15.3 Å². The Hall–Kier alpha value is -1.62. The standard InChI is InChI=1S/C16H25N3O2/c1-3-17-15-10-12(2)18-11-14(15)16(21)19-8-5-4-6-13(19)7-9-20/h10-11,13,20H,3-9H2,1-2H3,(H,17,18). The van der Waals surface area contributed by atoms with Crippen LogP contribution in [0.15, 0.2) is 12.3 Å². The predicted molar refractivity (Wildman–Crippen MR) is 83.5 cm³/mol. The van der Waals surface area contributed by atoms with Crippen molar-refractivity contribution in [3.63, 3.8) is 0 Å². The molecule has 0 aromatic carbocycles. The number of rotatable bonds is 5. The number of amides is 1. The Kier molecular flexibility index (Phi) is 5.56. The smallest absolute Gasteiger partial charge is 0.257 e. The number of hydrogen-bond donors (Lipinski definition) is 2. The number of piperidine rings is 1. The quantitative estimate of drug-likeness (QED) is 0.873. The van der Waals surface area contributed by atoms with Crippen LogP contribution in [0.4, 0.5) is 5.69 Å². The van der Waals surface area contributed by atoms with Crippen LogP contribution in [0.1, 0.15) is 48.7 Å². The first-order valence-corrected chi connectivity index (χ1v) is 7.79. The summed E-state index contributed by atoms with van der Waals surface area (Å²) in [7, 11) is 0. The molecule has 0 spiro atoms. The van der Waals surface area contributed by atoms with Gasteiger partial charge in [-0.3, -0.25) is 9.78 Å². The van der Waals surface area contributed by atoms with Gasteiger partial charge in [0.15, 0.2) is 0 Å². The first kappa shape index (κ1) is 15.8. The van der Waals surface area contributed by atoms with Crippen molar-refractivity contribution in [2.24, 2.45) is 0 Å². The maximum absolute atomic E-state index is 12.9. The zero-order valence-electron chi connectivity index (χ0n) is 12.9. The van der Waals surface area contributed by atoms with E-state index < -0.39 is 0 Å². The Morgan fingerprint density at radius 3 is 3.05 bits per heavy atom. The molecule has 1 amide bonds. The highest BCUT2D eigenvalue weighted by Crippen LogP contribution is 2.25. The summed E-state index contributed by atoms with van der Waals surface area (Å²) >= 11 is 0. The molecule has 2 rings (SSSR count). The van der Waals surface area contributed by atoms with Crippen LogP contribution < -0.4 is 5.32 Å². The Bertz CT molecular complexity index is 488. The van der Waals surface area contributed by atoms with Crippen molar-refractivity contribution in [1.29, 1.82) is 0 Å². The van der Waals surface area contributed by atoms with Gasteiger partial charge >= 0.3 is 0 Å².